The van der Waals surface area contributed by atoms with Crippen molar-refractivity contribution in [2.45, 2.75) is 12.0 Å². The van der Waals surface area contributed by atoms with Crippen LogP contribution in [0.4, 0.5) is 13.6 Å². The zero-order chi connectivity index (χ0) is 15.6. The van der Waals surface area contributed by atoms with Crippen LogP contribution in [0.3, 0.4) is 0 Å². The third-order valence-electron chi connectivity index (χ3n) is 3.49. The van der Waals surface area contributed by atoms with E-state index in [0.29, 0.717) is 6.07 Å². The van der Waals surface area contributed by atoms with Gasteiger partial charge in [-0.25, -0.2) is 13.6 Å². The molecule has 1 aromatic carbocycles. The quantitative estimate of drug-likeness (QED) is 0.772. The predicted octanol–water partition coefficient (Wildman–Crippen LogP) is 0.914. The summed E-state index contributed by atoms with van der Waals surface area (Å²) in [4.78, 5) is 23.5. The van der Waals surface area contributed by atoms with E-state index in [0.717, 1.165) is 17.0 Å². The van der Waals surface area contributed by atoms with Crippen LogP contribution in [0, 0.1) is 11.6 Å². The average molecular weight is 300 g/mol. The summed E-state index contributed by atoms with van der Waals surface area (Å²) >= 11 is 0. The van der Waals surface area contributed by atoms with E-state index >= 15 is 0 Å². The number of halogens is 2. The molecule has 0 spiro atoms. The van der Waals surface area contributed by atoms with Crippen molar-refractivity contribution >= 4 is 12.1 Å². The number of nitrogens with one attached hydrogen (secondary N) is 1. The minimum Gasteiger partial charge on any atom is -0.480 e. The van der Waals surface area contributed by atoms with Crippen molar-refractivity contribution in [2.24, 2.45) is 0 Å². The molecular formula is C13H14F2N2O4. The topological polar surface area (TPSA) is 89.9 Å². The van der Waals surface area contributed by atoms with Gasteiger partial charge in [-0.05, 0) is 11.6 Å². The number of rotatable bonds is 3. The number of carbonyl (C=O) groups is 2. The van der Waals surface area contributed by atoms with Gasteiger partial charge in [0, 0.05) is 25.6 Å². The highest BCUT2D eigenvalue weighted by Crippen LogP contribution is 2.21. The second-order valence-corrected chi connectivity index (χ2v) is 4.93. The minimum absolute atomic E-state index is 0.0125. The lowest BCUT2D eigenvalue weighted by Crippen LogP contribution is -2.66. The molecule has 1 atom stereocenters. The van der Waals surface area contributed by atoms with Crippen LogP contribution in [0.15, 0.2) is 18.2 Å². The molecule has 2 rings (SSSR count). The SMILES string of the molecule is O=C(O)N1CCNC(Cc2ccc(F)cc2F)(C(=O)O)C1. The van der Waals surface area contributed by atoms with Gasteiger partial charge >= 0.3 is 12.1 Å². The standard InChI is InChI=1S/C13H14F2N2O4/c14-9-2-1-8(10(15)5-9)6-13(11(18)19)7-17(12(20)21)4-3-16-13/h1-2,5,16H,3-4,6-7H2,(H,18,19)(H,20,21). The predicted molar refractivity (Wildman–Crippen MR) is 68.0 cm³/mol. The number of carboxylic acid groups (broad SMARTS) is 2. The molecule has 21 heavy (non-hydrogen) atoms. The van der Waals surface area contributed by atoms with Gasteiger partial charge in [0.2, 0.25) is 0 Å². The maximum atomic E-state index is 13.7. The molecule has 1 unspecified atom stereocenters. The van der Waals surface area contributed by atoms with Crippen LogP contribution >= 0.6 is 0 Å². The van der Waals surface area contributed by atoms with E-state index in [1.165, 1.54) is 0 Å². The summed E-state index contributed by atoms with van der Waals surface area (Å²) in [5.74, 6) is -2.90. The summed E-state index contributed by atoms with van der Waals surface area (Å²) in [5.41, 5.74) is -1.62. The Kier molecular flexibility index (Phi) is 4.08. The minimum atomic E-state index is -1.63. The van der Waals surface area contributed by atoms with Crippen molar-refractivity contribution in [1.82, 2.24) is 10.2 Å². The van der Waals surface area contributed by atoms with Crippen LogP contribution in [-0.4, -0.2) is 52.3 Å². The summed E-state index contributed by atoms with van der Waals surface area (Å²) in [6.07, 6.45) is -1.51. The van der Waals surface area contributed by atoms with Gasteiger partial charge in [0.05, 0.1) is 6.54 Å². The number of carboxylic acids is 1. The first-order valence-electron chi connectivity index (χ1n) is 6.24. The zero-order valence-corrected chi connectivity index (χ0v) is 11.0. The highest BCUT2D eigenvalue weighted by molar-refractivity contribution is 5.81. The smallest absolute Gasteiger partial charge is 0.407 e. The number of piperazine rings is 1. The fourth-order valence-corrected chi connectivity index (χ4v) is 2.38. The summed E-state index contributed by atoms with van der Waals surface area (Å²) < 4.78 is 26.6. The fourth-order valence-electron chi connectivity index (χ4n) is 2.38. The average Bonchev–Trinajstić information content (AvgIpc) is 2.42. The number of amides is 1. The summed E-state index contributed by atoms with van der Waals surface area (Å²) in [6.45, 7) is -0.0217. The Bertz CT molecular complexity index is 581. The Balaban J connectivity index is 2.30. The van der Waals surface area contributed by atoms with Crippen LogP contribution in [0.1, 0.15) is 5.56 Å². The second kappa shape index (κ2) is 5.65. The van der Waals surface area contributed by atoms with Gasteiger partial charge in [0.15, 0.2) is 0 Å². The van der Waals surface area contributed by atoms with E-state index < -0.39 is 29.2 Å². The molecule has 1 aromatic rings. The summed E-state index contributed by atoms with van der Waals surface area (Å²) in [6, 6.07) is 2.87. The van der Waals surface area contributed by atoms with Crippen LogP contribution in [0.25, 0.3) is 0 Å². The Morgan fingerprint density at radius 1 is 1.33 bits per heavy atom. The van der Waals surface area contributed by atoms with E-state index in [1.807, 2.05) is 0 Å². The number of hydrogen-bond acceptors (Lipinski definition) is 3. The molecule has 0 radical (unpaired) electrons. The van der Waals surface area contributed by atoms with E-state index in [-0.39, 0.29) is 31.6 Å². The van der Waals surface area contributed by atoms with E-state index in [4.69, 9.17) is 5.11 Å². The Morgan fingerprint density at radius 3 is 2.62 bits per heavy atom. The third kappa shape index (κ3) is 3.10. The molecule has 6 nitrogen and oxygen atoms in total. The molecule has 0 aromatic heterocycles. The maximum Gasteiger partial charge on any atom is 0.407 e. The molecule has 3 N–H and O–H groups in total. The molecule has 0 saturated carbocycles. The molecule has 1 saturated heterocycles. The first-order valence-corrected chi connectivity index (χ1v) is 6.24. The molecule has 1 aliphatic rings. The van der Waals surface area contributed by atoms with Crippen molar-refractivity contribution in [3.63, 3.8) is 0 Å². The lowest BCUT2D eigenvalue weighted by molar-refractivity contribution is -0.146. The van der Waals surface area contributed by atoms with Gasteiger partial charge in [-0.15, -0.1) is 0 Å². The molecule has 0 bridgehead atoms. The van der Waals surface area contributed by atoms with Gasteiger partial charge in [-0.2, -0.15) is 0 Å². The largest absolute Gasteiger partial charge is 0.480 e. The van der Waals surface area contributed by atoms with Crippen LogP contribution < -0.4 is 5.32 Å². The monoisotopic (exact) mass is 300 g/mol. The van der Waals surface area contributed by atoms with Gasteiger partial charge < -0.3 is 15.1 Å². The van der Waals surface area contributed by atoms with Gasteiger partial charge in [-0.3, -0.25) is 10.1 Å². The molecule has 1 heterocycles. The highest BCUT2D eigenvalue weighted by atomic mass is 19.1. The molecule has 1 amide bonds. The van der Waals surface area contributed by atoms with E-state index in [9.17, 15) is 23.5 Å². The van der Waals surface area contributed by atoms with Gasteiger partial charge in [-0.1, -0.05) is 6.07 Å². The van der Waals surface area contributed by atoms with Crippen molar-refractivity contribution in [3.05, 3.63) is 35.4 Å². The molecular weight excluding hydrogens is 286 g/mol. The lowest BCUT2D eigenvalue weighted by atomic mass is 9.88. The maximum absolute atomic E-state index is 13.7. The third-order valence-corrected chi connectivity index (χ3v) is 3.49. The fraction of sp³-hybridized carbons (Fsp3) is 0.385. The normalized spacial score (nSPS) is 22.1. The number of hydrogen-bond donors (Lipinski definition) is 3. The first kappa shape index (κ1) is 15.2. The second-order valence-electron chi connectivity index (χ2n) is 4.93. The van der Waals surface area contributed by atoms with Gasteiger partial charge in [0.25, 0.3) is 0 Å². The molecule has 1 fully saturated rings. The molecule has 0 aliphatic carbocycles. The molecule has 1 aliphatic heterocycles. The van der Waals surface area contributed by atoms with Crippen LogP contribution in [0.2, 0.25) is 0 Å². The zero-order valence-electron chi connectivity index (χ0n) is 11.0. The number of nitrogens with zero attached hydrogens (tertiary/aromatic N) is 1. The Hall–Kier alpha value is -2.22. The van der Waals surface area contributed by atoms with Crippen LogP contribution in [-0.2, 0) is 11.2 Å². The first-order chi connectivity index (χ1) is 9.84. The van der Waals surface area contributed by atoms with Crippen molar-refractivity contribution in [1.29, 1.82) is 0 Å². The Labute approximate surface area is 119 Å². The van der Waals surface area contributed by atoms with Crippen LogP contribution in [0.5, 0.6) is 0 Å². The van der Waals surface area contributed by atoms with Gasteiger partial charge in [0.1, 0.15) is 17.2 Å². The summed E-state index contributed by atoms with van der Waals surface area (Å²) in [7, 11) is 0. The number of aliphatic carboxylic acids is 1. The van der Waals surface area contributed by atoms with E-state index in [2.05, 4.69) is 5.32 Å². The van der Waals surface area contributed by atoms with E-state index in [1.54, 1.807) is 0 Å². The van der Waals surface area contributed by atoms with Crippen molar-refractivity contribution < 1.29 is 28.6 Å². The summed E-state index contributed by atoms with van der Waals surface area (Å²) in [5, 5.41) is 21.1. The van der Waals surface area contributed by atoms with Crippen molar-refractivity contribution in [3.8, 4) is 0 Å². The Morgan fingerprint density at radius 2 is 2.05 bits per heavy atom. The molecule has 114 valence electrons. The molecule has 8 heteroatoms. The number of benzene rings is 1. The lowest BCUT2D eigenvalue weighted by Gasteiger charge is -2.39. The highest BCUT2D eigenvalue weighted by Gasteiger charge is 2.44. The van der Waals surface area contributed by atoms with Crippen molar-refractivity contribution in [2.75, 3.05) is 19.6 Å².